The van der Waals surface area contributed by atoms with Gasteiger partial charge in [-0.3, -0.25) is 0 Å². The Balaban J connectivity index is 3.18. The van der Waals surface area contributed by atoms with Gasteiger partial charge in [-0.25, -0.2) is 14.0 Å². The van der Waals surface area contributed by atoms with E-state index in [1.807, 2.05) is 0 Å². The van der Waals surface area contributed by atoms with Crippen LogP contribution in [0.2, 0.25) is 0 Å². The molecule has 1 aromatic carbocycles. The molecule has 6 nitrogen and oxygen atoms in total. The quantitative estimate of drug-likeness (QED) is 0.641. The molecule has 0 aromatic heterocycles. The summed E-state index contributed by atoms with van der Waals surface area (Å²) in [5.74, 6) is -2.21. The highest BCUT2D eigenvalue weighted by Gasteiger charge is 2.17. The van der Waals surface area contributed by atoms with Gasteiger partial charge in [0.25, 0.3) is 0 Å². The van der Waals surface area contributed by atoms with Crippen LogP contribution in [0.5, 0.6) is 5.75 Å². The van der Waals surface area contributed by atoms with Gasteiger partial charge in [0.05, 0.1) is 32.1 Å². The van der Waals surface area contributed by atoms with Gasteiger partial charge in [-0.2, -0.15) is 0 Å². The molecule has 1 aromatic rings. The van der Waals surface area contributed by atoms with E-state index in [0.717, 1.165) is 13.2 Å². The Hall–Kier alpha value is -2.57. The predicted molar refractivity (Wildman–Crippen MR) is 77.9 cm³/mol. The minimum Gasteiger partial charge on any atom is -0.486 e. The number of esters is 2. The second-order valence-electron chi connectivity index (χ2n) is 4.48. The van der Waals surface area contributed by atoms with E-state index in [4.69, 9.17) is 4.74 Å². The second-order valence-corrected chi connectivity index (χ2v) is 4.48. The maximum absolute atomic E-state index is 13.9. The maximum atomic E-state index is 13.9. The summed E-state index contributed by atoms with van der Waals surface area (Å²) in [5, 5.41) is 2.63. The lowest BCUT2D eigenvalue weighted by Crippen LogP contribution is -2.17. The zero-order valence-electron chi connectivity index (χ0n) is 12.8. The summed E-state index contributed by atoms with van der Waals surface area (Å²) in [7, 11) is 2.33. The summed E-state index contributed by atoms with van der Waals surface area (Å²) in [6.45, 7) is 3.48. The van der Waals surface area contributed by atoms with Gasteiger partial charge in [-0.15, -0.1) is 0 Å². The molecule has 0 spiro atoms. The summed E-state index contributed by atoms with van der Waals surface area (Å²) in [6.07, 6.45) is 0.638. The molecule has 7 heteroatoms. The topological polar surface area (TPSA) is 73.9 Å². The molecule has 22 heavy (non-hydrogen) atoms. The number of para-hydroxylation sites is 1. The van der Waals surface area contributed by atoms with Crippen LogP contribution in [-0.4, -0.2) is 32.3 Å². The van der Waals surface area contributed by atoms with E-state index in [1.165, 1.54) is 25.3 Å². The lowest BCUT2D eigenvalue weighted by atomic mass is 10.2. The number of ether oxygens (including phenoxy) is 3. The van der Waals surface area contributed by atoms with Gasteiger partial charge in [0.15, 0.2) is 11.6 Å². The summed E-state index contributed by atoms with van der Waals surface area (Å²) < 4.78 is 28.3. The van der Waals surface area contributed by atoms with Crippen LogP contribution >= 0.6 is 0 Å². The molecule has 0 heterocycles. The largest absolute Gasteiger partial charge is 0.486 e. The van der Waals surface area contributed by atoms with Crippen molar-refractivity contribution < 1.29 is 28.2 Å². The lowest BCUT2D eigenvalue weighted by Gasteiger charge is -2.16. The number of nitrogens with one attached hydrogen (secondary N) is 1. The standard InChI is InChI=1S/C15H18FNO5/c1-9(2)22-14-10(16)6-5-7-11(14)17-12(15(19)21-4)8-13(18)20-3/h5-9,17H,1-4H3/b12-8+. The Bertz CT molecular complexity index is 583. The molecule has 0 aliphatic rings. The fourth-order valence-corrected chi connectivity index (χ4v) is 1.54. The summed E-state index contributed by atoms with van der Waals surface area (Å²) in [6, 6.07) is 4.18. The molecule has 1 N–H and O–H groups in total. The first kappa shape index (κ1) is 17.5. The highest BCUT2D eigenvalue weighted by molar-refractivity contribution is 5.99. The van der Waals surface area contributed by atoms with Crippen molar-refractivity contribution in [3.05, 3.63) is 35.8 Å². The van der Waals surface area contributed by atoms with Crippen molar-refractivity contribution in [1.82, 2.24) is 0 Å². The second kappa shape index (κ2) is 8.02. The summed E-state index contributed by atoms with van der Waals surface area (Å²) in [5.41, 5.74) is -0.0113. The number of hydrogen-bond acceptors (Lipinski definition) is 6. The van der Waals surface area contributed by atoms with Gasteiger partial charge in [0.2, 0.25) is 0 Å². The minimum atomic E-state index is -0.801. The first-order valence-corrected chi connectivity index (χ1v) is 6.49. The molecule has 0 fully saturated rings. The van der Waals surface area contributed by atoms with Gasteiger partial charge < -0.3 is 19.5 Å². The Labute approximate surface area is 127 Å². The smallest absolute Gasteiger partial charge is 0.354 e. The Morgan fingerprint density at radius 1 is 1.23 bits per heavy atom. The van der Waals surface area contributed by atoms with Crippen LogP contribution in [-0.2, 0) is 19.1 Å². The first-order chi connectivity index (χ1) is 10.4. The van der Waals surface area contributed by atoms with Crippen molar-refractivity contribution in [3.8, 4) is 5.75 Å². The molecule has 0 radical (unpaired) electrons. The molecule has 0 amide bonds. The van der Waals surface area contributed by atoms with Crippen LogP contribution in [0.4, 0.5) is 10.1 Å². The van der Waals surface area contributed by atoms with Crippen LogP contribution < -0.4 is 10.1 Å². The number of anilines is 1. The number of halogens is 1. The molecule has 0 aliphatic carbocycles. The zero-order chi connectivity index (χ0) is 16.7. The van der Waals surface area contributed by atoms with E-state index >= 15 is 0 Å². The molecule has 0 saturated carbocycles. The van der Waals surface area contributed by atoms with E-state index in [2.05, 4.69) is 14.8 Å². The van der Waals surface area contributed by atoms with E-state index in [9.17, 15) is 14.0 Å². The van der Waals surface area contributed by atoms with Crippen molar-refractivity contribution >= 4 is 17.6 Å². The monoisotopic (exact) mass is 311 g/mol. The Morgan fingerprint density at radius 2 is 1.91 bits per heavy atom. The Morgan fingerprint density at radius 3 is 2.45 bits per heavy atom. The maximum Gasteiger partial charge on any atom is 0.354 e. The van der Waals surface area contributed by atoms with Crippen LogP contribution in [0.25, 0.3) is 0 Å². The van der Waals surface area contributed by atoms with Crippen LogP contribution in [0, 0.1) is 5.82 Å². The number of carbonyl (C=O) groups is 2. The number of carbonyl (C=O) groups excluding carboxylic acids is 2. The molecular formula is C15H18FNO5. The highest BCUT2D eigenvalue weighted by atomic mass is 19.1. The van der Waals surface area contributed by atoms with Crippen LogP contribution in [0.1, 0.15) is 13.8 Å². The molecule has 0 bridgehead atoms. The van der Waals surface area contributed by atoms with Crippen LogP contribution in [0.15, 0.2) is 30.0 Å². The van der Waals surface area contributed by atoms with Crippen molar-refractivity contribution in [3.63, 3.8) is 0 Å². The number of hydrogen-bond donors (Lipinski definition) is 1. The minimum absolute atomic E-state index is 0.0582. The lowest BCUT2D eigenvalue weighted by molar-refractivity contribution is -0.138. The molecule has 0 saturated heterocycles. The zero-order valence-corrected chi connectivity index (χ0v) is 12.8. The third kappa shape index (κ3) is 4.76. The highest BCUT2D eigenvalue weighted by Crippen LogP contribution is 2.30. The SMILES string of the molecule is COC(=O)/C=C(/Nc1cccc(F)c1OC(C)C)C(=O)OC. The molecule has 0 atom stereocenters. The molecule has 0 aliphatic heterocycles. The van der Waals surface area contributed by atoms with Gasteiger partial charge in [0, 0.05) is 0 Å². The molecule has 0 unspecified atom stereocenters. The molecule has 1 rings (SSSR count). The fraction of sp³-hybridized carbons (Fsp3) is 0.333. The normalized spacial score (nSPS) is 11.1. The summed E-state index contributed by atoms with van der Waals surface area (Å²) in [4.78, 5) is 23.0. The summed E-state index contributed by atoms with van der Waals surface area (Å²) >= 11 is 0. The average Bonchev–Trinajstić information content (AvgIpc) is 2.48. The number of methoxy groups -OCH3 is 2. The van der Waals surface area contributed by atoms with Gasteiger partial charge >= 0.3 is 11.9 Å². The average molecular weight is 311 g/mol. The molecular weight excluding hydrogens is 293 g/mol. The first-order valence-electron chi connectivity index (χ1n) is 6.49. The molecule has 120 valence electrons. The Kier molecular flexibility index (Phi) is 6.37. The van der Waals surface area contributed by atoms with E-state index in [-0.39, 0.29) is 23.2 Å². The number of rotatable bonds is 6. The van der Waals surface area contributed by atoms with Crippen LogP contribution in [0.3, 0.4) is 0 Å². The van der Waals surface area contributed by atoms with Crippen molar-refractivity contribution in [1.29, 1.82) is 0 Å². The van der Waals surface area contributed by atoms with E-state index < -0.39 is 17.8 Å². The third-order valence-corrected chi connectivity index (χ3v) is 2.46. The van der Waals surface area contributed by atoms with Gasteiger partial charge in [-0.05, 0) is 26.0 Å². The van der Waals surface area contributed by atoms with Crippen molar-refractivity contribution in [2.45, 2.75) is 20.0 Å². The predicted octanol–water partition coefficient (Wildman–Crippen LogP) is 2.25. The van der Waals surface area contributed by atoms with Gasteiger partial charge in [-0.1, -0.05) is 6.07 Å². The van der Waals surface area contributed by atoms with Crippen molar-refractivity contribution in [2.24, 2.45) is 0 Å². The van der Waals surface area contributed by atoms with Gasteiger partial charge in [0.1, 0.15) is 5.70 Å². The van der Waals surface area contributed by atoms with E-state index in [1.54, 1.807) is 13.8 Å². The number of benzene rings is 1. The van der Waals surface area contributed by atoms with E-state index in [0.29, 0.717) is 0 Å². The third-order valence-electron chi connectivity index (χ3n) is 2.46. The fourth-order valence-electron chi connectivity index (χ4n) is 1.54. The van der Waals surface area contributed by atoms with Crippen molar-refractivity contribution in [2.75, 3.05) is 19.5 Å².